The van der Waals surface area contributed by atoms with Crippen LogP contribution < -0.4 is 5.69 Å². The van der Waals surface area contributed by atoms with Crippen LogP contribution in [-0.2, 0) is 0 Å². The molecule has 0 saturated heterocycles. The lowest BCUT2D eigenvalue weighted by atomic mass is 10.0. The number of hydrogen-bond donors (Lipinski definition) is 2. The number of benzene rings is 2. The second-order valence-corrected chi connectivity index (χ2v) is 6.06. The summed E-state index contributed by atoms with van der Waals surface area (Å²) in [4.78, 5) is 16.8. The Morgan fingerprint density at radius 2 is 1.70 bits per heavy atom. The molecule has 1 aromatic heterocycles. The van der Waals surface area contributed by atoms with E-state index < -0.39 is 0 Å². The standard InChI is InChI=1S/C15H12BrClN2O/c1-8-2-4-9(5-3-8)14(17)10-6-12-13(7-11(10)16)19-15(20)18-12/h2-7,14H,1H3,(H2,18,19,20). The largest absolute Gasteiger partial charge is 0.323 e. The highest BCUT2D eigenvalue weighted by atomic mass is 79.9. The second kappa shape index (κ2) is 5.11. The Labute approximate surface area is 129 Å². The first-order valence-corrected chi connectivity index (χ1v) is 7.39. The van der Waals surface area contributed by atoms with Gasteiger partial charge in [0.05, 0.1) is 16.4 Å². The maximum atomic E-state index is 11.3. The van der Waals surface area contributed by atoms with Gasteiger partial charge in [-0.15, -0.1) is 11.6 Å². The molecular formula is C15H12BrClN2O. The smallest absolute Gasteiger partial charge is 0.306 e. The fraction of sp³-hybridized carbons (Fsp3) is 0.133. The van der Waals surface area contributed by atoms with E-state index in [0.717, 1.165) is 26.6 Å². The minimum absolute atomic E-state index is 0.217. The Balaban J connectivity index is 2.10. The first-order valence-electron chi connectivity index (χ1n) is 6.16. The molecule has 0 aliphatic rings. The van der Waals surface area contributed by atoms with E-state index in [0.29, 0.717) is 0 Å². The van der Waals surface area contributed by atoms with Gasteiger partial charge >= 0.3 is 5.69 Å². The number of alkyl halides is 1. The number of aryl methyl sites for hydroxylation is 1. The number of aromatic nitrogens is 2. The van der Waals surface area contributed by atoms with Crippen LogP contribution in [0.15, 0.2) is 45.7 Å². The molecule has 3 nitrogen and oxygen atoms in total. The van der Waals surface area contributed by atoms with Crippen molar-refractivity contribution in [2.24, 2.45) is 0 Å². The van der Waals surface area contributed by atoms with Gasteiger partial charge in [-0.2, -0.15) is 0 Å². The highest BCUT2D eigenvalue weighted by Gasteiger charge is 2.15. The summed E-state index contributed by atoms with van der Waals surface area (Å²) in [6.07, 6.45) is 0. The lowest BCUT2D eigenvalue weighted by Gasteiger charge is -2.13. The summed E-state index contributed by atoms with van der Waals surface area (Å²) in [6, 6.07) is 11.9. The molecule has 0 aliphatic carbocycles. The van der Waals surface area contributed by atoms with Gasteiger partial charge in [-0.05, 0) is 30.2 Å². The van der Waals surface area contributed by atoms with Crippen LogP contribution in [0, 0.1) is 6.92 Å². The van der Waals surface area contributed by atoms with E-state index in [2.05, 4.69) is 25.9 Å². The predicted molar refractivity (Wildman–Crippen MR) is 85.5 cm³/mol. The van der Waals surface area contributed by atoms with Crippen molar-refractivity contribution in [1.29, 1.82) is 0 Å². The summed E-state index contributed by atoms with van der Waals surface area (Å²) in [5.74, 6) is 0. The Kier molecular flexibility index (Phi) is 3.44. The van der Waals surface area contributed by atoms with Crippen molar-refractivity contribution >= 4 is 38.6 Å². The van der Waals surface area contributed by atoms with E-state index >= 15 is 0 Å². The van der Waals surface area contributed by atoms with Crippen molar-refractivity contribution in [3.63, 3.8) is 0 Å². The van der Waals surface area contributed by atoms with E-state index in [1.165, 1.54) is 5.56 Å². The van der Waals surface area contributed by atoms with E-state index in [-0.39, 0.29) is 11.1 Å². The van der Waals surface area contributed by atoms with Crippen molar-refractivity contribution in [2.45, 2.75) is 12.3 Å². The fourth-order valence-corrected chi connectivity index (χ4v) is 3.21. The number of H-pyrrole nitrogens is 2. The lowest BCUT2D eigenvalue weighted by Crippen LogP contribution is -1.99. The molecule has 3 rings (SSSR count). The molecule has 20 heavy (non-hydrogen) atoms. The van der Waals surface area contributed by atoms with Gasteiger partial charge in [0.1, 0.15) is 0 Å². The summed E-state index contributed by atoms with van der Waals surface area (Å²) in [7, 11) is 0. The molecule has 1 heterocycles. The average Bonchev–Trinajstić information content (AvgIpc) is 2.77. The van der Waals surface area contributed by atoms with Crippen LogP contribution in [0.5, 0.6) is 0 Å². The highest BCUT2D eigenvalue weighted by molar-refractivity contribution is 9.10. The summed E-state index contributed by atoms with van der Waals surface area (Å²) < 4.78 is 0.876. The first-order chi connectivity index (χ1) is 9.54. The third kappa shape index (κ3) is 2.41. The minimum atomic E-state index is -0.271. The molecule has 2 N–H and O–H groups in total. The zero-order valence-corrected chi connectivity index (χ0v) is 13.0. The number of fused-ring (bicyclic) bond motifs is 1. The molecule has 5 heteroatoms. The van der Waals surface area contributed by atoms with Gasteiger partial charge in [-0.3, -0.25) is 0 Å². The van der Waals surface area contributed by atoms with Crippen LogP contribution in [0.1, 0.15) is 22.1 Å². The Bertz CT molecular complexity index is 820. The van der Waals surface area contributed by atoms with Crippen molar-refractivity contribution < 1.29 is 0 Å². The highest BCUT2D eigenvalue weighted by Crippen LogP contribution is 2.35. The normalized spacial score (nSPS) is 12.8. The molecular weight excluding hydrogens is 340 g/mol. The van der Waals surface area contributed by atoms with E-state index in [1.54, 1.807) is 0 Å². The van der Waals surface area contributed by atoms with E-state index in [1.807, 2.05) is 43.3 Å². The van der Waals surface area contributed by atoms with Crippen LogP contribution in [0.2, 0.25) is 0 Å². The van der Waals surface area contributed by atoms with Gasteiger partial charge in [0, 0.05) is 4.47 Å². The number of rotatable bonds is 2. The number of aromatic amines is 2. The van der Waals surface area contributed by atoms with Crippen LogP contribution in [-0.4, -0.2) is 9.97 Å². The number of halogens is 2. The molecule has 2 aromatic carbocycles. The molecule has 0 amide bonds. The van der Waals surface area contributed by atoms with Gasteiger partial charge in [0.2, 0.25) is 0 Å². The Morgan fingerprint density at radius 3 is 2.35 bits per heavy atom. The van der Waals surface area contributed by atoms with E-state index in [4.69, 9.17) is 11.6 Å². The van der Waals surface area contributed by atoms with Crippen molar-refractivity contribution in [1.82, 2.24) is 9.97 Å². The second-order valence-electron chi connectivity index (χ2n) is 4.77. The lowest BCUT2D eigenvalue weighted by molar-refractivity contribution is 1.13. The summed E-state index contributed by atoms with van der Waals surface area (Å²) in [5.41, 5.74) is 4.45. The number of hydrogen-bond acceptors (Lipinski definition) is 1. The molecule has 102 valence electrons. The molecule has 0 spiro atoms. The van der Waals surface area contributed by atoms with Gasteiger partial charge in [-0.1, -0.05) is 45.8 Å². The monoisotopic (exact) mass is 350 g/mol. The average molecular weight is 352 g/mol. The maximum Gasteiger partial charge on any atom is 0.323 e. The van der Waals surface area contributed by atoms with Crippen LogP contribution in [0.4, 0.5) is 0 Å². The zero-order valence-electron chi connectivity index (χ0n) is 10.7. The van der Waals surface area contributed by atoms with Gasteiger partial charge in [-0.25, -0.2) is 4.79 Å². The Morgan fingerprint density at radius 1 is 1.10 bits per heavy atom. The third-order valence-corrected chi connectivity index (χ3v) is 4.45. The van der Waals surface area contributed by atoms with Crippen LogP contribution in [0.3, 0.4) is 0 Å². The molecule has 0 radical (unpaired) electrons. The van der Waals surface area contributed by atoms with Crippen molar-refractivity contribution in [3.8, 4) is 0 Å². The number of nitrogens with one attached hydrogen (secondary N) is 2. The maximum absolute atomic E-state index is 11.3. The summed E-state index contributed by atoms with van der Waals surface area (Å²) in [5, 5.41) is -0.271. The Hall–Kier alpha value is -1.52. The molecule has 1 unspecified atom stereocenters. The zero-order chi connectivity index (χ0) is 14.3. The molecule has 1 atom stereocenters. The van der Waals surface area contributed by atoms with E-state index in [9.17, 15) is 4.79 Å². The fourth-order valence-electron chi connectivity index (χ4n) is 2.18. The SMILES string of the molecule is Cc1ccc(C(Cl)c2cc3[nH]c(=O)[nH]c3cc2Br)cc1. The van der Waals surface area contributed by atoms with Crippen LogP contribution in [0.25, 0.3) is 11.0 Å². The third-order valence-electron chi connectivity index (χ3n) is 3.28. The minimum Gasteiger partial charge on any atom is -0.306 e. The van der Waals surface area contributed by atoms with Crippen LogP contribution >= 0.6 is 27.5 Å². The molecule has 0 bridgehead atoms. The number of imidazole rings is 1. The first kappa shape index (κ1) is 13.5. The molecule has 0 saturated carbocycles. The molecule has 0 aliphatic heterocycles. The predicted octanol–water partition coefficient (Wildman–Crippen LogP) is 4.26. The van der Waals surface area contributed by atoms with Gasteiger partial charge < -0.3 is 9.97 Å². The van der Waals surface area contributed by atoms with Crippen molar-refractivity contribution in [2.75, 3.05) is 0 Å². The van der Waals surface area contributed by atoms with Gasteiger partial charge in [0.25, 0.3) is 0 Å². The van der Waals surface area contributed by atoms with Gasteiger partial charge in [0.15, 0.2) is 0 Å². The molecule has 3 aromatic rings. The topological polar surface area (TPSA) is 48.6 Å². The molecule has 0 fully saturated rings. The summed E-state index contributed by atoms with van der Waals surface area (Å²) >= 11 is 10.1. The quantitative estimate of drug-likeness (QED) is 0.666. The summed E-state index contributed by atoms with van der Waals surface area (Å²) in [6.45, 7) is 2.04. The van der Waals surface area contributed by atoms with Crippen molar-refractivity contribution in [3.05, 3.63) is 68.0 Å².